The van der Waals surface area contributed by atoms with Gasteiger partial charge >= 0.3 is 0 Å². The third-order valence-corrected chi connectivity index (χ3v) is 2.88. The highest BCUT2D eigenvalue weighted by Crippen LogP contribution is 2.15. The number of hydrogen-bond acceptors (Lipinski definition) is 3. The highest BCUT2D eigenvalue weighted by Gasteiger charge is 2.18. The highest BCUT2D eigenvalue weighted by molar-refractivity contribution is 5.96. The maximum atomic E-state index is 12.2. The number of carbonyl (C=O) groups is 1. The Morgan fingerprint density at radius 1 is 1.53 bits per heavy atom. The predicted molar refractivity (Wildman–Crippen MR) is 69.0 cm³/mol. The van der Waals surface area contributed by atoms with Gasteiger partial charge in [-0.15, -0.1) is 0 Å². The van der Waals surface area contributed by atoms with Crippen LogP contribution >= 0.6 is 0 Å². The molecule has 0 fully saturated rings. The van der Waals surface area contributed by atoms with Gasteiger partial charge in [0.05, 0.1) is 12.6 Å². The topological polar surface area (TPSA) is 55.6 Å². The standard InChI is InChI=1S/C13H20N2O2/c1-9-5-6-11(14)7-12(9)13(16)15(3)10(2)8-17-4/h5-7,10H,8,14H2,1-4H3. The minimum atomic E-state index is -0.0284. The molecule has 0 saturated carbocycles. The Morgan fingerprint density at radius 3 is 2.76 bits per heavy atom. The van der Waals surface area contributed by atoms with Crippen LogP contribution in [0.5, 0.6) is 0 Å². The first-order chi connectivity index (χ1) is 7.97. The van der Waals surface area contributed by atoms with Gasteiger partial charge < -0.3 is 15.4 Å². The molecule has 94 valence electrons. The highest BCUT2D eigenvalue weighted by atomic mass is 16.5. The molecule has 1 atom stereocenters. The molecule has 0 saturated heterocycles. The predicted octanol–water partition coefficient (Wildman–Crippen LogP) is 1.68. The lowest BCUT2D eigenvalue weighted by molar-refractivity contribution is 0.0633. The number of carbonyl (C=O) groups excluding carboxylic acids is 1. The molecule has 2 N–H and O–H groups in total. The summed E-state index contributed by atoms with van der Waals surface area (Å²) in [4.78, 5) is 13.9. The number of benzene rings is 1. The Labute approximate surface area is 102 Å². The number of nitrogens with two attached hydrogens (primary N) is 1. The van der Waals surface area contributed by atoms with Crippen LogP contribution in [0.25, 0.3) is 0 Å². The summed E-state index contributed by atoms with van der Waals surface area (Å²) in [5.74, 6) is -0.0284. The monoisotopic (exact) mass is 236 g/mol. The first kappa shape index (κ1) is 13.5. The van der Waals surface area contributed by atoms with Crippen molar-refractivity contribution in [1.29, 1.82) is 0 Å². The third-order valence-electron chi connectivity index (χ3n) is 2.88. The van der Waals surface area contributed by atoms with Crippen LogP contribution in [0.1, 0.15) is 22.8 Å². The summed E-state index contributed by atoms with van der Waals surface area (Å²) in [6.45, 7) is 4.37. The molecular weight excluding hydrogens is 216 g/mol. The van der Waals surface area contributed by atoms with E-state index in [0.717, 1.165) is 5.56 Å². The van der Waals surface area contributed by atoms with Gasteiger partial charge in [-0.2, -0.15) is 0 Å². The zero-order chi connectivity index (χ0) is 13.0. The smallest absolute Gasteiger partial charge is 0.254 e. The number of likely N-dealkylation sites (N-methyl/N-ethyl adjacent to an activating group) is 1. The number of methoxy groups -OCH3 is 1. The lowest BCUT2D eigenvalue weighted by Gasteiger charge is -2.25. The zero-order valence-corrected chi connectivity index (χ0v) is 10.9. The third kappa shape index (κ3) is 3.20. The van der Waals surface area contributed by atoms with Crippen LogP contribution in [0, 0.1) is 6.92 Å². The van der Waals surface area contributed by atoms with Crippen molar-refractivity contribution in [1.82, 2.24) is 4.90 Å². The summed E-state index contributed by atoms with van der Waals surface area (Å²) in [7, 11) is 3.40. The van der Waals surface area contributed by atoms with Crippen molar-refractivity contribution < 1.29 is 9.53 Å². The van der Waals surface area contributed by atoms with E-state index in [1.54, 1.807) is 31.2 Å². The first-order valence-electron chi connectivity index (χ1n) is 5.59. The molecule has 1 aromatic rings. The Morgan fingerprint density at radius 2 is 2.18 bits per heavy atom. The summed E-state index contributed by atoms with van der Waals surface area (Å²) in [5.41, 5.74) is 7.89. The summed E-state index contributed by atoms with van der Waals surface area (Å²) in [5, 5.41) is 0. The van der Waals surface area contributed by atoms with E-state index >= 15 is 0 Å². The summed E-state index contributed by atoms with van der Waals surface area (Å²) < 4.78 is 5.05. The fourth-order valence-corrected chi connectivity index (χ4v) is 1.61. The van der Waals surface area contributed by atoms with Crippen LogP contribution in [-0.2, 0) is 4.74 Å². The number of anilines is 1. The molecule has 1 rings (SSSR count). The molecule has 0 aliphatic heterocycles. The molecule has 0 aliphatic carbocycles. The number of ether oxygens (including phenoxy) is 1. The molecule has 0 spiro atoms. The van der Waals surface area contributed by atoms with Gasteiger partial charge in [-0.05, 0) is 31.5 Å². The lowest BCUT2D eigenvalue weighted by Crippen LogP contribution is -2.38. The molecule has 4 nitrogen and oxygen atoms in total. The molecule has 1 amide bonds. The average Bonchev–Trinajstić information content (AvgIpc) is 2.30. The van der Waals surface area contributed by atoms with Crippen molar-refractivity contribution in [3.63, 3.8) is 0 Å². The van der Waals surface area contributed by atoms with Crippen LogP contribution in [0.2, 0.25) is 0 Å². The Bertz CT molecular complexity index is 404. The molecule has 1 aromatic carbocycles. The molecular formula is C13H20N2O2. The molecule has 0 aliphatic rings. The quantitative estimate of drug-likeness (QED) is 0.809. The molecule has 0 heterocycles. The van der Waals surface area contributed by atoms with Crippen molar-refractivity contribution >= 4 is 11.6 Å². The fraction of sp³-hybridized carbons (Fsp3) is 0.462. The molecule has 17 heavy (non-hydrogen) atoms. The van der Waals surface area contributed by atoms with E-state index in [2.05, 4.69) is 0 Å². The van der Waals surface area contributed by atoms with Gasteiger partial charge in [-0.1, -0.05) is 6.07 Å². The number of nitrogen functional groups attached to an aromatic ring is 1. The van der Waals surface area contributed by atoms with Crippen LogP contribution in [-0.4, -0.2) is 37.6 Å². The Hall–Kier alpha value is -1.55. The average molecular weight is 236 g/mol. The SMILES string of the molecule is COCC(C)N(C)C(=O)c1cc(N)ccc1C. The van der Waals surface area contributed by atoms with Crippen LogP contribution in [0.15, 0.2) is 18.2 Å². The van der Waals surface area contributed by atoms with E-state index in [0.29, 0.717) is 17.9 Å². The van der Waals surface area contributed by atoms with Gasteiger partial charge in [0.2, 0.25) is 0 Å². The number of amides is 1. The normalized spacial score (nSPS) is 12.2. The van der Waals surface area contributed by atoms with E-state index in [9.17, 15) is 4.79 Å². The maximum Gasteiger partial charge on any atom is 0.254 e. The van der Waals surface area contributed by atoms with E-state index in [1.165, 1.54) is 0 Å². The van der Waals surface area contributed by atoms with Crippen LogP contribution < -0.4 is 5.73 Å². The van der Waals surface area contributed by atoms with E-state index < -0.39 is 0 Å². The second kappa shape index (κ2) is 5.68. The van der Waals surface area contributed by atoms with E-state index in [4.69, 9.17) is 10.5 Å². The van der Waals surface area contributed by atoms with Crippen LogP contribution in [0.4, 0.5) is 5.69 Å². The van der Waals surface area contributed by atoms with Gasteiger partial charge in [-0.3, -0.25) is 4.79 Å². The van der Waals surface area contributed by atoms with Gasteiger partial charge in [0, 0.05) is 25.4 Å². The Kier molecular flexibility index (Phi) is 4.52. The van der Waals surface area contributed by atoms with Crippen molar-refractivity contribution in [3.8, 4) is 0 Å². The van der Waals surface area contributed by atoms with Crippen molar-refractivity contribution in [3.05, 3.63) is 29.3 Å². The van der Waals surface area contributed by atoms with Gasteiger partial charge in [0.25, 0.3) is 5.91 Å². The molecule has 4 heteroatoms. The minimum Gasteiger partial charge on any atom is -0.399 e. The van der Waals surface area contributed by atoms with Crippen molar-refractivity contribution in [2.45, 2.75) is 19.9 Å². The molecule has 1 unspecified atom stereocenters. The largest absolute Gasteiger partial charge is 0.399 e. The second-order valence-electron chi connectivity index (χ2n) is 4.29. The molecule has 0 bridgehead atoms. The number of nitrogens with zero attached hydrogens (tertiary/aromatic N) is 1. The lowest BCUT2D eigenvalue weighted by atomic mass is 10.1. The van der Waals surface area contributed by atoms with Crippen LogP contribution in [0.3, 0.4) is 0 Å². The van der Waals surface area contributed by atoms with Gasteiger partial charge in [0.15, 0.2) is 0 Å². The number of rotatable bonds is 4. The van der Waals surface area contributed by atoms with E-state index in [-0.39, 0.29) is 11.9 Å². The minimum absolute atomic E-state index is 0.0284. The summed E-state index contributed by atoms with van der Waals surface area (Å²) >= 11 is 0. The first-order valence-corrected chi connectivity index (χ1v) is 5.59. The Balaban J connectivity index is 2.92. The number of hydrogen-bond donors (Lipinski definition) is 1. The fourth-order valence-electron chi connectivity index (χ4n) is 1.61. The summed E-state index contributed by atoms with van der Waals surface area (Å²) in [6, 6.07) is 5.41. The van der Waals surface area contributed by atoms with Gasteiger partial charge in [-0.25, -0.2) is 0 Å². The number of aryl methyl sites for hydroxylation is 1. The van der Waals surface area contributed by atoms with Gasteiger partial charge in [0.1, 0.15) is 0 Å². The van der Waals surface area contributed by atoms with Crippen molar-refractivity contribution in [2.75, 3.05) is 26.5 Å². The van der Waals surface area contributed by atoms with Crippen molar-refractivity contribution in [2.24, 2.45) is 0 Å². The van der Waals surface area contributed by atoms with E-state index in [1.807, 2.05) is 19.9 Å². The second-order valence-corrected chi connectivity index (χ2v) is 4.29. The molecule has 0 radical (unpaired) electrons. The zero-order valence-electron chi connectivity index (χ0n) is 10.9. The summed E-state index contributed by atoms with van der Waals surface area (Å²) in [6.07, 6.45) is 0. The molecule has 0 aromatic heterocycles. The maximum absolute atomic E-state index is 12.2.